The topological polar surface area (TPSA) is 77.8 Å². The highest BCUT2D eigenvalue weighted by Gasteiger charge is 2.20. The van der Waals surface area contributed by atoms with Crippen molar-refractivity contribution in [2.45, 2.75) is 32.9 Å². The van der Waals surface area contributed by atoms with Crippen molar-refractivity contribution < 1.29 is 4.79 Å². The minimum Gasteiger partial charge on any atom is -0.302 e. The predicted molar refractivity (Wildman–Crippen MR) is 92.0 cm³/mol. The Balaban J connectivity index is 2.00. The summed E-state index contributed by atoms with van der Waals surface area (Å²) in [7, 11) is 0. The van der Waals surface area contributed by atoms with E-state index >= 15 is 0 Å². The first-order valence-corrected chi connectivity index (χ1v) is 8.39. The number of thiazole rings is 1. The smallest absolute Gasteiger partial charge is 0.243 e. The molecule has 0 aliphatic heterocycles. The Kier molecular flexibility index (Phi) is 6.27. The van der Waals surface area contributed by atoms with E-state index in [9.17, 15) is 4.79 Å². The summed E-state index contributed by atoms with van der Waals surface area (Å²) in [6.45, 7) is 4.71. The molecule has 0 spiro atoms. The maximum atomic E-state index is 12.4. The molecule has 1 amide bonds. The van der Waals surface area contributed by atoms with Crippen molar-refractivity contribution in [2.75, 3.05) is 5.32 Å². The summed E-state index contributed by atoms with van der Waals surface area (Å²) in [6.07, 6.45) is 2.40. The van der Waals surface area contributed by atoms with Gasteiger partial charge in [-0.1, -0.05) is 26.0 Å². The standard InChI is InChI=1S/C17H20N4OS/c1-12(2)8-15(16(22)21-17-19-6-7-23-17)20-11-14-5-3-4-13(9-14)10-18/h3-7,9,12,15,20H,8,11H2,1-2H3,(H,19,21,22). The summed E-state index contributed by atoms with van der Waals surface area (Å²) in [5, 5.41) is 17.5. The fraction of sp³-hybridized carbons (Fsp3) is 0.353. The van der Waals surface area contributed by atoms with Gasteiger partial charge in [0.1, 0.15) is 0 Å². The SMILES string of the molecule is CC(C)CC(NCc1cccc(C#N)c1)C(=O)Nc1nccs1. The molecule has 2 rings (SSSR count). The molecule has 6 heteroatoms. The molecule has 0 saturated heterocycles. The van der Waals surface area contributed by atoms with E-state index in [0.717, 1.165) is 12.0 Å². The Hall–Kier alpha value is -2.23. The third-order valence-corrected chi connectivity index (χ3v) is 3.98. The largest absolute Gasteiger partial charge is 0.302 e. The van der Waals surface area contributed by atoms with Crippen LogP contribution in [0, 0.1) is 17.2 Å². The Morgan fingerprint density at radius 2 is 2.26 bits per heavy atom. The molecule has 0 aliphatic carbocycles. The summed E-state index contributed by atoms with van der Waals surface area (Å²) in [5.74, 6) is 0.310. The number of hydrogen-bond acceptors (Lipinski definition) is 5. The van der Waals surface area contributed by atoms with E-state index in [-0.39, 0.29) is 11.9 Å². The third-order valence-electron chi connectivity index (χ3n) is 3.29. The Bertz CT molecular complexity index is 676. The summed E-state index contributed by atoms with van der Waals surface area (Å²) in [5.41, 5.74) is 1.61. The lowest BCUT2D eigenvalue weighted by Crippen LogP contribution is -2.41. The average molecular weight is 328 g/mol. The third kappa shape index (κ3) is 5.47. The van der Waals surface area contributed by atoms with Gasteiger partial charge in [0.25, 0.3) is 0 Å². The highest BCUT2D eigenvalue weighted by atomic mass is 32.1. The van der Waals surface area contributed by atoms with E-state index in [2.05, 4.69) is 35.5 Å². The van der Waals surface area contributed by atoms with E-state index in [1.807, 2.05) is 23.6 Å². The summed E-state index contributed by atoms with van der Waals surface area (Å²) >= 11 is 1.40. The van der Waals surface area contributed by atoms with Gasteiger partial charge in [-0.15, -0.1) is 11.3 Å². The van der Waals surface area contributed by atoms with Gasteiger partial charge in [0.15, 0.2) is 5.13 Å². The molecular formula is C17H20N4OS. The fourth-order valence-corrected chi connectivity index (χ4v) is 2.76. The molecule has 0 bridgehead atoms. The Labute approximate surface area is 140 Å². The fourth-order valence-electron chi connectivity index (χ4n) is 2.22. The molecule has 1 unspecified atom stereocenters. The van der Waals surface area contributed by atoms with Crippen molar-refractivity contribution in [3.05, 3.63) is 47.0 Å². The second-order valence-corrected chi connectivity index (χ2v) is 6.60. The normalized spacial score (nSPS) is 11.9. The molecule has 1 atom stereocenters. The van der Waals surface area contributed by atoms with E-state index in [0.29, 0.717) is 23.2 Å². The first-order chi connectivity index (χ1) is 11.1. The highest BCUT2D eigenvalue weighted by Crippen LogP contribution is 2.13. The lowest BCUT2D eigenvalue weighted by Gasteiger charge is -2.19. The number of carbonyl (C=O) groups is 1. The van der Waals surface area contributed by atoms with E-state index < -0.39 is 0 Å². The van der Waals surface area contributed by atoms with Crippen LogP contribution in [-0.2, 0) is 11.3 Å². The molecule has 1 aromatic heterocycles. The van der Waals surface area contributed by atoms with E-state index in [1.54, 1.807) is 12.3 Å². The van der Waals surface area contributed by atoms with Crippen molar-refractivity contribution in [2.24, 2.45) is 5.92 Å². The van der Waals surface area contributed by atoms with Crippen molar-refractivity contribution in [3.63, 3.8) is 0 Å². The maximum Gasteiger partial charge on any atom is 0.243 e. The number of amides is 1. The van der Waals surface area contributed by atoms with Crippen LogP contribution < -0.4 is 10.6 Å². The number of nitrogens with one attached hydrogen (secondary N) is 2. The van der Waals surface area contributed by atoms with Crippen molar-refractivity contribution >= 4 is 22.4 Å². The van der Waals surface area contributed by atoms with Gasteiger partial charge in [-0.2, -0.15) is 5.26 Å². The summed E-state index contributed by atoms with van der Waals surface area (Å²) < 4.78 is 0. The first kappa shape index (κ1) is 17.1. The predicted octanol–water partition coefficient (Wildman–Crippen LogP) is 3.16. The molecule has 120 valence electrons. The van der Waals surface area contributed by atoms with Gasteiger partial charge in [-0.3, -0.25) is 4.79 Å². The zero-order valence-corrected chi connectivity index (χ0v) is 14.1. The molecule has 1 aromatic carbocycles. The zero-order chi connectivity index (χ0) is 16.7. The number of hydrogen-bond donors (Lipinski definition) is 2. The molecule has 5 nitrogen and oxygen atoms in total. The van der Waals surface area contributed by atoms with Gasteiger partial charge in [0.2, 0.25) is 5.91 Å². The lowest BCUT2D eigenvalue weighted by atomic mass is 10.0. The molecule has 2 aromatic rings. The summed E-state index contributed by atoms with van der Waals surface area (Å²) in [6, 6.07) is 9.22. The van der Waals surface area contributed by atoms with Crippen LogP contribution >= 0.6 is 11.3 Å². The van der Waals surface area contributed by atoms with Crippen LogP contribution in [0.4, 0.5) is 5.13 Å². The molecule has 0 radical (unpaired) electrons. The zero-order valence-electron chi connectivity index (χ0n) is 13.2. The average Bonchev–Trinajstić information content (AvgIpc) is 3.04. The molecule has 2 N–H and O–H groups in total. The van der Waals surface area contributed by atoms with Crippen LogP contribution in [0.2, 0.25) is 0 Å². The quantitative estimate of drug-likeness (QED) is 0.818. The van der Waals surface area contributed by atoms with Gasteiger partial charge < -0.3 is 10.6 Å². The Morgan fingerprint density at radius 3 is 2.91 bits per heavy atom. The van der Waals surface area contributed by atoms with Crippen molar-refractivity contribution in [1.82, 2.24) is 10.3 Å². The number of aromatic nitrogens is 1. The van der Waals surface area contributed by atoms with Crippen molar-refractivity contribution in [1.29, 1.82) is 5.26 Å². The van der Waals surface area contributed by atoms with Gasteiger partial charge in [0, 0.05) is 18.1 Å². The number of nitriles is 1. The second kappa shape index (κ2) is 8.42. The highest BCUT2D eigenvalue weighted by molar-refractivity contribution is 7.13. The number of benzene rings is 1. The van der Waals surface area contributed by atoms with Crippen LogP contribution in [0.5, 0.6) is 0 Å². The van der Waals surface area contributed by atoms with Gasteiger partial charge in [0.05, 0.1) is 17.7 Å². The van der Waals surface area contributed by atoms with Gasteiger partial charge in [-0.05, 0) is 30.0 Å². The van der Waals surface area contributed by atoms with Gasteiger partial charge >= 0.3 is 0 Å². The Morgan fingerprint density at radius 1 is 1.43 bits per heavy atom. The summed E-state index contributed by atoms with van der Waals surface area (Å²) in [4.78, 5) is 16.5. The molecule has 0 saturated carbocycles. The van der Waals surface area contributed by atoms with Crippen LogP contribution in [0.25, 0.3) is 0 Å². The molecular weight excluding hydrogens is 308 g/mol. The molecule has 23 heavy (non-hydrogen) atoms. The minimum atomic E-state index is -0.301. The van der Waals surface area contributed by atoms with Crippen molar-refractivity contribution in [3.8, 4) is 6.07 Å². The van der Waals surface area contributed by atoms with Crippen LogP contribution in [0.3, 0.4) is 0 Å². The number of anilines is 1. The minimum absolute atomic E-state index is 0.0786. The van der Waals surface area contributed by atoms with Crippen LogP contribution in [0.1, 0.15) is 31.4 Å². The second-order valence-electron chi connectivity index (χ2n) is 5.70. The van der Waals surface area contributed by atoms with E-state index in [4.69, 9.17) is 5.26 Å². The van der Waals surface area contributed by atoms with Gasteiger partial charge in [-0.25, -0.2) is 4.98 Å². The van der Waals surface area contributed by atoms with Crippen LogP contribution in [0.15, 0.2) is 35.8 Å². The monoisotopic (exact) mass is 328 g/mol. The maximum absolute atomic E-state index is 12.4. The number of carbonyl (C=O) groups excluding carboxylic acids is 1. The molecule has 0 aliphatic rings. The number of rotatable bonds is 7. The molecule has 1 heterocycles. The first-order valence-electron chi connectivity index (χ1n) is 7.51. The molecule has 0 fully saturated rings. The van der Waals surface area contributed by atoms with E-state index in [1.165, 1.54) is 11.3 Å². The lowest BCUT2D eigenvalue weighted by molar-refractivity contribution is -0.118. The number of nitrogens with zero attached hydrogens (tertiary/aromatic N) is 2. The van der Waals surface area contributed by atoms with Crippen LogP contribution in [-0.4, -0.2) is 16.9 Å².